The average molecular weight is 524 g/mol. The van der Waals surface area contributed by atoms with Crippen LogP contribution in [0.1, 0.15) is 22.3 Å². The highest BCUT2D eigenvalue weighted by Gasteiger charge is 2.27. The van der Waals surface area contributed by atoms with Crippen molar-refractivity contribution < 1.29 is 14.4 Å². The van der Waals surface area contributed by atoms with E-state index >= 15 is 0 Å². The molecule has 0 spiro atoms. The number of urea groups is 1. The van der Waals surface area contributed by atoms with Crippen molar-refractivity contribution in [2.45, 2.75) is 13.0 Å². The van der Waals surface area contributed by atoms with Gasteiger partial charge in [0.25, 0.3) is 5.91 Å². The van der Waals surface area contributed by atoms with E-state index in [1.54, 1.807) is 15.6 Å². The molecule has 39 heavy (non-hydrogen) atoms. The second-order valence-electron chi connectivity index (χ2n) is 9.84. The number of nitrogens with zero attached hydrogens (tertiary/aromatic N) is 5. The van der Waals surface area contributed by atoms with E-state index in [1.165, 1.54) is 0 Å². The topological polar surface area (TPSA) is 117 Å². The van der Waals surface area contributed by atoms with Gasteiger partial charge in [-0.15, -0.1) is 0 Å². The lowest BCUT2D eigenvalue weighted by Crippen LogP contribution is -2.50. The molecule has 6 rings (SSSR count). The van der Waals surface area contributed by atoms with Crippen molar-refractivity contribution in [1.29, 1.82) is 0 Å². The molecule has 0 bridgehead atoms. The van der Waals surface area contributed by atoms with E-state index in [4.69, 9.17) is 5.73 Å². The predicted octanol–water partition coefficient (Wildman–Crippen LogP) is 2.89. The molecule has 2 fully saturated rings. The van der Waals surface area contributed by atoms with Gasteiger partial charge in [-0.05, 0) is 42.0 Å². The first-order chi connectivity index (χ1) is 19.0. The fourth-order valence-corrected chi connectivity index (χ4v) is 5.30. The van der Waals surface area contributed by atoms with Crippen LogP contribution in [0.5, 0.6) is 0 Å². The Labute approximate surface area is 225 Å². The number of imide groups is 1. The van der Waals surface area contributed by atoms with Crippen LogP contribution in [0.25, 0.3) is 16.6 Å². The van der Waals surface area contributed by atoms with E-state index in [0.29, 0.717) is 24.0 Å². The van der Waals surface area contributed by atoms with Gasteiger partial charge in [0.2, 0.25) is 5.91 Å². The van der Waals surface area contributed by atoms with Crippen molar-refractivity contribution in [2.75, 3.05) is 42.5 Å². The molecule has 2 aliphatic rings. The maximum Gasteiger partial charge on any atom is 0.328 e. The van der Waals surface area contributed by atoms with E-state index in [9.17, 15) is 14.4 Å². The Hall–Kier alpha value is -4.70. The van der Waals surface area contributed by atoms with E-state index in [0.717, 1.165) is 60.7 Å². The summed E-state index contributed by atoms with van der Waals surface area (Å²) in [5.74, 6) is -0.717. The molecule has 2 saturated heterocycles. The van der Waals surface area contributed by atoms with Gasteiger partial charge in [0.15, 0.2) is 0 Å². The number of anilines is 2. The van der Waals surface area contributed by atoms with Gasteiger partial charge in [-0.2, -0.15) is 5.10 Å². The number of fused-ring (bicyclic) bond motifs is 1. The van der Waals surface area contributed by atoms with Crippen molar-refractivity contribution >= 4 is 40.1 Å². The van der Waals surface area contributed by atoms with Crippen LogP contribution in [-0.4, -0.2) is 65.2 Å². The number of hydrogen-bond donors (Lipinski definition) is 2. The van der Waals surface area contributed by atoms with Crippen LogP contribution in [0, 0.1) is 0 Å². The highest BCUT2D eigenvalue weighted by Crippen LogP contribution is 2.26. The molecular weight excluding hydrogens is 494 g/mol. The summed E-state index contributed by atoms with van der Waals surface area (Å²) in [5, 5.41) is 7.87. The normalized spacial score (nSPS) is 16.5. The molecule has 2 aliphatic heterocycles. The number of carbonyl (C=O) groups excluding carboxylic acids is 3. The van der Waals surface area contributed by atoms with Gasteiger partial charge in [-0.1, -0.05) is 30.3 Å². The summed E-state index contributed by atoms with van der Waals surface area (Å²) >= 11 is 0. The summed E-state index contributed by atoms with van der Waals surface area (Å²) in [7, 11) is 0. The van der Waals surface area contributed by atoms with Gasteiger partial charge in [-0.3, -0.25) is 24.7 Å². The molecule has 4 aromatic rings. The van der Waals surface area contributed by atoms with Gasteiger partial charge >= 0.3 is 6.03 Å². The molecular formula is C29H29N7O3. The molecule has 4 amide bonds. The zero-order valence-corrected chi connectivity index (χ0v) is 21.4. The third-order valence-corrected chi connectivity index (χ3v) is 7.38. The van der Waals surface area contributed by atoms with Crippen molar-refractivity contribution in [1.82, 2.24) is 20.0 Å². The van der Waals surface area contributed by atoms with Gasteiger partial charge in [-0.25, -0.2) is 9.48 Å². The van der Waals surface area contributed by atoms with E-state index in [2.05, 4.69) is 38.4 Å². The van der Waals surface area contributed by atoms with Crippen molar-refractivity contribution in [3.63, 3.8) is 0 Å². The number of para-hydroxylation sites is 1. The van der Waals surface area contributed by atoms with Gasteiger partial charge in [0.05, 0.1) is 11.3 Å². The lowest BCUT2D eigenvalue weighted by Gasteiger charge is -2.37. The Morgan fingerprint density at radius 3 is 2.36 bits per heavy atom. The summed E-state index contributed by atoms with van der Waals surface area (Å²) in [6.07, 6.45) is 2.21. The number of nitrogens with two attached hydrogens (primary N) is 1. The first-order valence-electron chi connectivity index (χ1n) is 13.0. The molecule has 198 valence electrons. The van der Waals surface area contributed by atoms with Gasteiger partial charge in [0.1, 0.15) is 5.52 Å². The SMILES string of the molecule is NC(=O)c1cccc2cn(-c3ccc(N4CCN(Cc5ccccc5N5CCC(=O)NC5=O)CC4)cc3)nc12. The number of primary amides is 1. The van der Waals surface area contributed by atoms with Crippen LogP contribution in [0.3, 0.4) is 0 Å². The first-order valence-corrected chi connectivity index (χ1v) is 13.0. The molecule has 1 aromatic heterocycles. The minimum Gasteiger partial charge on any atom is -0.369 e. The third-order valence-electron chi connectivity index (χ3n) is 7.38. The molecule has 3 aromatic carbocycles. The van der Waals surface area contributed by atoms with Gasteiger partial charge < -0.3 is 10.6 Å². The number of aromatic nitrogens is 2. The highest BCUT2D eigenvalue weighted by atomic mass is 16.2. The fraction of sp³-hybridized carbons (Fsp3) is 0.241. The zero-order valence-electron chi connectivity index (χ0n) is 21.4. The Kier molecular flexibility index (Phi) is 6.45. The summed E-state index contributed by atoms with van der Waals surface area (Å²) in [4.78, 5) is 42.1. The van der Waals surface area contributed by atoms with Crippen LogP contribution in [-0.2, 0) is 11.3 Å². The molecule has 3 N–H and O–H groups in total. The third kappa shape index (κ3) is 4.94. The molecule has 10 nitrogen and oxygen atoms in total. The van der Waals surface area contributed by atoms with Crippen molar-refractivity contribution in [3.05, 3.63) is 84.1 Å². The van der Waals surface area contributed by atoms with Crippen LogP contribution in [0.4, 0.5) is 16.2 Å². The fourth-order valence-electron chi connectivity index (χ4n) is 5.30. The van der Waals surface area contributed by atoms with E-state index in [1.807, 2.05) is 48.7 Å². The predicted molar refractivity (Wildman–Crippen MR) is 149 cm³/mol. The second kappa shape index (κ2) is 10.2. The number of rotatable bonds is 6. The van der Waals surface area contributed by atoms with Gasteiger partial charge in [0, 0.05) is 68.6 Å². The molecule has 0 atom stereocenters. The first kappa shape index (κ1) is 24.6. The lowest BCUT2D eigenvalue weighted by atomic mass is 10.1. The quantitative estimate of drug-likeness (QED) is 0.402. The molecule has 3 heterocycles. The molecule has 0 aliphatic carbocycles. The number of piperazine rings is 1. The summed E-state index contributed by atoms with van der Waals surface area (Å²) < 4.78 is 1.77. The second-order valence-corrected chi connectivity index (χ2v) is 9.84. The Morgan fingerprint density at radius 2 is 1.62 bits per heavy atom. The van der Waals surface area contributed by atoms with Crippen LogP contribution in [0.15, 0.2) is 72.9 Å². The highest BCUT2D eigenvalue weighted by molar-refractivity contribution is 6.06. The number of amides is 4. The van der Waals surface area contributed by atoms with Crippen LogP contribution < -0.4 is 20.9 Å². The van der Waals surface area contributed by atoms with Crippen molar-refractivity contribution in [2.24, 2.45) is 5.73 Å². The molecule has 0 unspecified atom stereocenters. The molecule has 10 heteroatoms. The zero-order chi connectivity index (χ0) is 26.9. The maximum absolute atomic E-state index is 12.4. The number of hydrogen-bond acceptors (Lipinski definition) is 6. The molecule has 0 radical (unpaired) electrons. The largest absolute Gasteiger partial charge is 0.369 e. The van der Waals surface area contributed by atoms with E-state index in [-0.39, 0.29) is 11.9 Å². The minimum absolute atomic E-state index is 0.229. The summed E-state index contributed by atoms with van der Waals surface area (Å²) in [6, 6.07) is 21.2. The number of carbonyl (C=O) groups is 3. The minimum atomic E-state index is -0.489. The number of nitrogens with one attached hydrogen (secondary N) is 1. The van der Waals surface area contributed by atoms with Crippen LogP contribution >= 0.6 is 0 Å². The Morgan fingerprint density at radius 1 is 0.872 bits per heavy atom. The van der Waals surface area contributed by atoms with Crippen LogP contribution in [0.2, 0.25) is 0 Å². The summed E-state index contributed by atoms with van der Waals surface area (Å²) in [5.41, 5.74) is 10.5. The van der Waals surface area contributed by atoms with Crippen molar-refractivity contribution in [3.8, 4) is 5.69 Å². The van der Waals surface area contributed by atoms with E-state index < -0.39 is 5.91 Å². The number of benzene rings is 3. The Balaban J connectivity index is 1.10. The summed E-state index contributed by atoms with van der Waals surface area (Å²) in [6.45, 7) is 4.68. The monoisotopic (exact) mass is 523 g/mol. The lowest BCUT2D eigenvalue weighted by molar-refractivity contribution is -0.120. The average Bonchev–Trinajstić information content (AvgIpc) is 3.39. The smallest absolute Gasteiger partial charge is 0.328 e. The molecule has 0 saturated carbocycles. The standard InChI is InChI=1S/C29H29N7O3/c30-28(38)24-6-3-5-21-19-36(32-27(21)24)23-10-8-22(9-11-23)34-16-14-33(15-17-34)18-20-4-1-2-7-25(20)35-13-12-26(37)31-29(35)39/h1-11,19H,12-18H2,(H2,30,38)(H,31,37,39). The maximum atomic E-state index is 12.4. The Bertz CT molecular complexity index is 1550.